The Bertz CT molecular complexity index is 486. The number of hydrogen-bond acceptors (Lipinski definition) is 3. The van der Waals surface area contributed by atoms with Crippen molar-refractivity contribution in [1.29, 1.82) is 0 Å². The molecule has 0 spiro atoms. The van der Waals surface area contributed by atoms with Gasteiger partial charge in [0.2, 0.25) is 0 Å². The average Bonchev–Trinajstić information content (AvgIpc) is 2.76. The highest BCUT2D eigenvalue weighted by Crippen LogP contribution is 2.45. The fourth-order valence-electron chi connectivity index (χ4n) is 3.22. The molecule has 0 heterocycles. The van der Waals surface area contributed by atoms with Crippen LogP contribution in [0.2, 0.25) is 0 Å². The second-order valence-electron chi connectivity index (χ2n) is 5.26. The van der Waals surface area contributed by atoms with Crippen molar-refractivity contribution in [2.75, 3.05) is 7.11 Å². The van der Waals surface area contributed by atoms with Crippen LogP contribution >= 0.6 is 0 Å². The van der Waals surface area contributed by atoms with E-state index in [0.717, 1.165) is 30.6 Å². The summed E-state index contributed by atoms with van der Waals surface area (Å²) in [5.74, 6) is -0.0294. The maximum Gasteiger partial charge on any atom is 0.304 e. The van der Waals surface area contributed by atoms with Gasteiger partial charge in [-0.15, -0.1) is 0 Å². The molecule has 4 heteroatoms. The third kappa shape index (κ3) is 2.32. The Morgan fingerprint density at radius 2 is 2.32 bits per heavy atom. The van der Waals surface area contributed by atoms with E-state index in [1.807, 2.05) is 25.1 Å². The normalized spacial score (nSPS) is 22.9. The number of aliphatic carboxylic acids is 1. The third-order valence-electron chi connectivity index (χ3n) is 4.31. The quantitative estimate of drug-likeness (QED) is 0.853. The molecule has 0 amide bonds. The average molecular weight is 263 g/mol. The van der Waals surface area contributed by atoms with Crippen LogP contribution in [0.15, 0.2) is 18.2 Å². The molecule has 1 aliphatic rings. The first-order valence-electron chi connectivity index (χ1n) is 6.68. The first-order chi connectivity index (χ1) is 9.03. The molecule has 0 saturated carbocycles. The lowest BCUT2D eigenvalue weighted by Crippen LogP contribution is -2.45. The summed E-state index contributed by atoms with van der Waals surface area (Å²) in [7, 11) is 1.62. The van der Waals surface area contributed by atoms with Crippen LogP contribution in [-0.2, 0) is 16.6 Å². The van der Waals surface area contributed by atoms with Crippen molar-refractivity contribution in [2.24, 2.45) is 5.73 Å². The Balaban J connectivity index is 2.51. The van der Waals surface area contributed by atoms with Gasteiger partial charge in [-0.2, -0.15) is 0 Å². The predicted molar refractivity (Wildman–Crippen MR) is 73.5 cm³/mol. The number of fused-ring (bicyclic) bond motifs is 1. The Morgan fingerprint density at radius 3 is 2.89 bits per heavy atom. The number of hydrogen-bond donors (Lipinski definition) is 2. The molecule has 0 aromatic heterocycles. The van der Waals surface area contributed by atoms with Crippen molar-refractivity contribution in [3.05, 3.63) is 29.3 Å². The smallest absolute Gasteiger partial charge is 0.304 e. The molecule has 1 aromatic carbocycles. The van der Waals surface area contributed by atoms with Gasteiger partial charge in [0.15, 0.2) is 0 Å². The standard InChI is InChI=1S/C15H21NO3/c1-3-13(16)15(9-14(17)18)7-6-10-4-5-11(19-2)8-12(10)15/h4-5,8,13H,3,6-7,9,16H2,1-2H3,(H,17,18). The number of aryl methyl sites for hydroxylation is 1. The van der Waals surface area contributed by atoms with Crippen LogP contribution in [0.25, 0.3) is 0 Å². The molecule has 4 nitrogen and oxygen atoms in total. The van der Waals surface area contributed by atoms with Crippen LogP contribution < -0.4 is 10.5 Å². The van der Waals surface area contributed by atoms with E-state index in [-0.39, 0.29) is 12.5 Å². The van der Waals surface area contributed by atoms with Gasteiger partial charge in [-0.05, 0) is 42.5 Å². The minimum Gasteiger partial charge on any atom is -0.497 e. The van der Waals surface area contributed by atoms with E-state index in [2.05, 4.69) is 0 Å². The molecule has 1 aromatic rings. The molecule has 0 bridgehead atoms. The van der Waals surface area contributed by atoms with E-state index >= 15 is 0 Å². The summed E-state index contributed by atoms with van der Waals surface area (Å²) in [5, 5.41) is 9.25. The van der Waals surface area contributed by atoms with Crippen molar-refractivity contribution >= 4 is 5.97 Å². The first kappa shape index (κ1) is 13.9. The molecule has 104 valence electrons. The molecule has 0 radical (unpaired) electrons. The number of carboxylic acids is 1. The molecule has 0 saturated heterocycles. The molecule has 19 heavy (non-hydrogen) atoms. The molecule has 3 N–H and O–H groups in total. The SMILES string of the molecule is CCC(N)C1(CC(=O)O)CCc2ccc(OC)cc21. The van der Waals surface area contributed by atoms with E-state index in [1.54, 1.807) is 7.11 Å². The van der Waals surface area contributed by atoms with Gasteiger partial charge in [0.05, 0.1) is 13.5 Å². The molecular weight excluding hydrogens is 242 g/mol. The predicted octanol–water partition coefficient (Wildman–Crippen LogP) is 2.09. The molecule has 0 fully saturated rings. The number of ether oxygens (including phenoxy) is 1. The van der Waals surface area contributed by atoms with Crippen molar-refractivity contribution < 1.29 is 14.6 Å². The fraction of sp³-hybridized carbons (Fsp3) is 0.533. The number of rotatable bonds is 5. The summed E-state index contributed by atoms with van der Waals surface area (Å²) in [6, 6.07) is 5.77. The van der Waals surface area contributed by atoms with Gasteiger partial charge >= 0.3 is 5.97 Å². The maximum absolute atomic E-state index is 11.3. The lowest BCUT2D eigenvalue weighted by molar-refractivity contribution is -0.138. The highest BCUT2D eigenvalue weighted by molar-refractivity contribution is 5.70. The monoisotopic (exact) mass is 263 g/mol. The van der Waals surface area contributed by atoms with Gasteiger partial charge in [-0.1, -0.05) is 13.0 Å². The number of nitrogens with two attached hydrogens (primary N) is 1. The van der Waals surface area contributed by atoms with Gasteiger partial charge in [0, 0.05) is 11.5 Å². The molecular formula is C15H21NO3. The van der Waals surface area contributed by atoms with E-state index in [0.29, 0.717) is 0 Å². The van der Waals surface area contributed by atoms with Crippen LogP contribution in [-0.4, -0.2) is 24.2 Å². The summed E-state index contributed by atoms with van der Waals surface area (Å²) in [6.45, 7) is 2.01. The van der Waals surface area contributed by atoms with E-state index in [9.17, 15) is 9.90 Å². The van der Waals surface area contributed by atoms with Crippen molar-refractivity contribution in [1.82, 2.24) is 0 Å². The lowest BCUT2D eigenvalue weighted by atomic mass is 9.72. The number of carboxylic acid groups (broad SMARTS) is 1. The fourth-order valence-corrected chi connectivity index (χ4v) is 3.22. The lowest BCUT2D eigenvalue weighted by Gasteiger charge is -2.35. The molecule has 2 unspecified atom stereocenters. The van der Waals surface area contributed by atoms with E-state index < -0.39 is 11.4 Å². The van der Waals surface area contributed by atoms with Crippen LogP contribution in [0.1, 0.15) is 37.3 Å². The molecule has 2 rings (SSSR count). The molecule has 2 atom stereocenters. The van der Waals surface area contributed by atoms with Crippen molar-refractivity contribution in [3.63, 3.8) is 0 Å². The third-order valence-corrected chi connectivity index (χ3v) is 4.31. The highest BCUT2D eigenvalue weighted by atomic mass is 16.5. The second kappa shape index (κ2) is 5.21. The highest BCUT2D eigenvalue weighted by Gasteiger charge is 2.44. The second-order valence-corrected chi connectivity index (χ2v) is 5.26. The van der Waals surface area contributed by atoms with Crippen LogP contribution in [0, 0.1) is 0 Å². The van der Waals surface area contributed by atoms with E-state index in [4.69, 9.17) is 10.5 Å². The van der Waals surface area contributed by atoms with Gasteiger partial charge in [0.25, 0.3) is 0 Å². The molecule has 0 aliphatic heterocycles. The summed E-state index contributed by atoms with van der Waals surface area (Å²) < 4.78 is 5.26. The minimum atomic E-state index is -0.792. The summed E-state index contributed by atoms with van der Waals surface area (Å²) in [5.41, 5.74) is 8.07. The minimum absolute atomic E-state index is 0.0855. The van der Waals surface area contributed by atoms with Crippen molar-refractivity contribution in [3.8, 4) is 5.75 Å². The Labute approximate surface area is 113 Å². The summed E-state index contributed by atoms with van der Waals surface area (Å²) in [4.78, 5) is 11.3. The maximum atomic E-state index is 11.3. The van der Waals surface area contributed by atoms with Gasteiger partial charge in [-0.25, -0.2) is 0 Å². The van der Waals surface area contributed by atoms with Crippen LogP contribution in [0.5, 0.6) is 5.75 Å². The molecule has 1 aliphatic carbocycles. The zero-order valence-corrected chi connectivity index (χ0v) is 11.5. The summed E-state index contributed by atoms with van der Waals surface area (Å²) >= 11 is 0. The zero-order valence-electron chi connectivity index (χ0n) is 11.5. The van der Waals surface area contributed by atoms with Gasteiger partial charge in [-0.3, -0.25) is 4.79 Å². The van der Waals surface area contributed by atoms with Gasteiger partial charge < -0.3 is 15.6 Å². The largest absolute Gasteiger partial charge is 0.497 e. The number of carbonyl (C=O) groups is 1. The van der Waals surface area contributed by atoms with Crippen molar-refractivity contribution in [2.45, 2.75) is 44.1 Å². The number of methoxy groups -OCH3 is 1. The Morgan fingerprint density at radius 1 is 1.58 bits per heavy atom. The summed E-state index contributed by atoms with van der Waals surface area (Å²) in [6.07, 6.45) is 2.54. The first-order valence-corrected chi connectivity index (χ1v) is 6.68. The number of benzene rings is 1. The van der Waals surface area contributed by atoms with Crippen LogP contribution in [0.3, 0.4) is 0 Å². The zero-order chi connectivity index (χ0) is 14.0. The Kier molecular flexibility index (Phi) is 3.80. The van der Waals surface area contributed by atoms with Crippen LogP contribution in [0.4, 0.5) is 0 Å². The Hall–Kier alpha value is -1.55. The topological polar surface area (TPSA) is 72.6 Å². The van der Waals surface area contributed by atoms with Gasteiger partial charge in [0.1, 0.15) is 5.75 Å². The van der Waals surface area contributed by atoms with E-state index in [1.165, 1.54) is 5.56 Å².